The van der Waals surface area contributed by atoms with Crippen LogP contribution in [0.2, 0.25) is 10.0 Å². The van der Waals surface area contributed by atoms with Crippen LogP contribution in [0.25, 0.3) is 0 Å². The molecule has 0 bridgehead atoms. The minimum absolute atomic E-state index is 0.273. The molecule has 0 aliphatic heterocycles. The number of hydrogen-bond donors (Lipinski definition) is 2. The molecule has 0 radical (unpaired) electrons. The number of pyridine rings is 1. The summed E-state index contributed by atoms with van der Waals surface area (Å²) in [5, 5.41) is 3.32. The van der Waals surface area contributed by atoms with Crippen LogP contribution in [0.4, 0.5) is 11.4 Å². The zero-order chi connectivity index (χ0) is 13.1. The summed E-state index contributed by atoms with van der Waals surface area (Å²) >= 11 is 11.8. The second-order valence-corrected chi connectivity index (χ2v) is 4.36. The second kappa shape index (κ2) is 5.25. The summed E-state index contributed by atoms with van der Waals surface area (Å²) in [6, 6.07) is 6.37. The minimum atomic E-state index is -0.366. The van der Waals surface area contributed by atoms with Gasteiger partial charge in [-0.3, -0.25) is 9.78 Å². The van der Waals surface area contributed by atoms with Crippen molar-refractivity contribution in [2.75, 3.05) is 11.1 Å². The van der Waals surface area contributed by atoms with Crippen LogP contribution >= 0.6 is 23.2 Å². The van der Waals surface area contributed by atoms with Crippen molar-refractivity contribution in [3.63, 3.8) is 0 Å². The average molecular weight is 282 g/mol. The molecule has 0 saturated heterocycles. The van der Waals surface area contributed by atoms with E-state index in [1.165, 1.54) is 18.5 Å². The average Bonchev–Trinajstić information content (AvgIpc) is 2.34. The molecule has 1 heterocycles. The van der Waals surface area contributed by atoms with E-state index in [1.54, 1.807) is 18.2 Å². The lowest BCUT2D eigenvalue weighted by Crippen LogP contribution is -2.13. The maximum Gasteiger partial charge on any atom is 0.257 e. The molecule has 3 N–H and O–H groups in total. The Morgan fingerprint density at radius 1 is 1.22 bits per heavy atom. The first-order valence-electron chi connectivity index (χ1n) is 5.04. The van der Waals surface area contributed by atoms with Gasteiger partial charge in [-0.05, 0) is 24.3 Å². The number of rotatable bonds is 2. The van der Waals surface area contributed by atoms with Gasteiger partial charge in [-0.1, -0.05) is 23.2 Å². The summed E-state index contributed by atoms with van der Waals surface area (Å²) in [6.45, 7) is 0. The van der Waals surface area contributed by atoms with E-state index in [-0.39, 0.29) is 10.9 Å². The van der Waals surface area contributed by atoms with Gasteiger partial charge in [-0.2, -0.15) is 0 Å². The maximum atomic E-state index is 12.0. The van der Waals surface area contributed by atoms with Crippen molar-refractivity contribution in [2.24, 2.45) is 0 Å². The van der Waals surface area contributed by atoms with Gasteiger partial charge in [0.1, 0.15) is 0 Å². The van der Waals surface area contributed by atoms with Crippen LogP contribution in [0.5, 0.6) is 0 Å². The van der Waals surface area contributed by atoms with E-state index in [9.17, 15) is 4.79 Å². The Hall–Kier alpha value is -1.78. The number of carbonyl (C=O) groups is 1. The lowest BCUT2D eigenvalue weighted by Gasteiger charge is -2.08. The van der Waals surface area contributed by atoms with E-state index in [4.69, 9.17) is 28.9 Å². The van der Waals surface area contributed by atoms with Gasteiger partial charge in [0, 0.05) is 18.1 Å². The number of aromatic nitrogens is 1. The quantitative estimate of drug-likeness (QED) is 0.831. The number of hydrogen-bond acceptors (Lipinski definition) is 3. The van der Waals surface area contributed by atoms with Crippen LogP contribution in [0.1, 0.15) is 10.4 Å². The van der Waals surface area contributed by atoms with Crippen LogP contribution in [-0.2, 0) is 0 Å². The highest BCUT2D eigenvalue weighted by Gasteiger charge is 2.11. The van der Waals surface area contributed by atoms with E-state index in [1.807, 2.05) is 0 Å². The van der Waals surface area contributed by atoms with Crippen molar-refractivity contribution in [1.82, 2.24) is 4.98 Å². The fourth-order valence-corrected chi connectivity index (χ4v) is 1.76. The molecule has 1 amide bonds. The highest BCUT2D eigenvalue weighted by Crippen LogP contribution is 2.25. The summed E-state index contributed by atoms with van der Waals surface area (Å²) in [5.41, 5.74) is 6.90. The Labute approximate surface area is 114 Å². The third-order valence-corrected chi connectivity index (χ3v) is 2.89. The first-order chi connectivity index (χ1) is 8.58. The summed E-state index contributed by atoms with van der Waals surface area (Å²) < 4.78 is 0. The fourth-order valence-electron chi connectivity index (χ4n) is 1.39. The number of anilines is 2. The summed E-state index contributed by atoms with van der Waals surface area (Å²) in [6.07, 6.45) is 2.89. The van der Waals surface area contributed by atoms with Crippen molar-refractivity contribution < 1.29 is 4.79 Å². The molecule has 0 atom stereocenters. The van der Waals surface area contributed by atoms with Crippen LogP contribution < -0.4 is 11.1 Å². The number of halogens is 2. The lowest BCUT2D eigenvalue weighted by atomic mass is 10.2. The predicted molar refractivity (Wildman–Crippen MR) is 73.1 cm³/mol. The Morgan fingerprint density at radius 3 is 2.72 bits per heavy atom. The van der Waals surface area contributed by atoms with Crippen molar-refractivity contribution in [2.45, 2.75) is 0 Å². The van der Waals surface area contributed by atoms with Crippen molar-refractivity contribution >= 4 is 40.5 Å². The first-order valence-corrected chi connectivity index (χ1v) is 5.79. The van der Waals surface area contributed by atoms with E-state index in [0.29, 0.717) is 22.0 Å². The molecule has 0 fully saturated rings. The Balaban J connectivity index is 2.27. The maximum absolute atomic E-state index is 12.0. The molecule has 0 aliphatic rings. The summed E-state index contributed by atoms with van der Waals surface area (Å²) in [4.78, 5) is 15.8. The van der Waals surface area contributed by atoms with E-state index in [2.05, 4.69) is 10.3 Å². The van der Waals surface area contributed by atoms with Crippen molar-refractivity contribution in [1.29, 1.82) is 0 Å². The van der Waals surface area contributed by atoms with Crippen LogP contribution in [-0.4, -0.2) is 10.9 Å². The predicted octanol–water partition coefficient (Wildman–Crippen LogP) is 3.22. The molecule has 1 aromatic heterocycles. The van der Waals surface area contributed by atoms with Gasteiger partial charge in [0.25, 0.3) is 5.91 Å². The molecular weight excluding hydrogens is 273 g/mol. The monoisotopic (exact) mass is 281 g/mol. The Bertz CT molecular complexity index is 602. The normalized spacial score (nSPS) is 10.1. The largest absolute Gasteiger partial charge is 0.399 e. The number of nitrogens with zero attached hydrogens (tertiary/aromatic N) is 1. The zero-order valence-electron chi connectivity index (χ0n) is 9.15. The van der Waals surface area contributed by atoms with E-state index >= 15 is 0 Å². The molecule has 0 unspecified atom stereocenters. The molecule has 6 heteroatoms. The molecule has 0 spiro atoms. The highest BCUT2D eigenvalue weighted by molar-refractivity contribution is 6.35. The molecule has 2 aromatic rings. The zero-order valence-corrected chi connectivity index (χ0v) is 10.7. The van der Waals surface area contributed by atoms with Gasteiger partial charge < -0.3 is 11.1 Å². The van der Waals surface area contributed by atoms with E-state index < -0.39 is 0 Å². The van der Waals surface area contributed by atoms with E-state index in [0.717, 1.165) is 0 Å². The molecule has 0 aliphatic carbocycles. The van der Waals surface area contributed by atoms with Gasteiger partial charge >= 0.3 is 0 Å². The number of carbonyl (C=O) groups excluding carboxylic acids is 1. The van der Waals surface area contributed by atoms with Gasteiger partial charge in [0.15, 0.2) is 0 Å². The molecule has 4 nitrogen and oxygen atoms in total. The van der Waals surface area contributed by atoms with Gasteiger partial charge in [-0.15, -0.1) is 0 Å². The van der Waals surface area contributed by atoms with Crippen molar-refractivity contribution in [3.05, 3.63) is 52.3 Å². The fraction of sp³-hybridized carbons (Fsp3) is 0. The topological polar surface area (TPSA) is 68.0 Å². The van der Waals surface area contributed by atoms with Crippen LogP contribution in [0.15, 0.2) is 36.7 Å². The summed E-state index contributed by atoms with van der Waals surface area (Å²) in [5.74, 6) is -0.366. The third-order valence-electron chi connectivity index (χ3n) is 2.26. The highest BCUT2D eigenvalue weighted by atomic mass is 35.5. The number of nitrogens with two attached hydrogens (primary N) is 1. The van der Waals surface area contributed by atoms with Gasteiger partial charge in [0.2, 0.25) is 0 Å². The van der Waals surface area contributed by atoms with Crippen LogP contribution in [0, 0.1) is 0 Å². The molecule has 18 heavy (non-hydrogen) atoms. The van der Waals surface area contributed by atoms with Crippen molar-refractivity contribution in [3.8, 4) is 0 Å². The second-order valence-electron chi connectivity index (χ2n) is 3.55. The molecule has 92 valence electrons. The lowest BCUT2D eigenvalue weighted by molar-refractivity contribution is 0.102. The number of amides is 1. The summed E-state index contributed by atoms with van der Waals surface area (Å²) in [7, 11) is 0. The van der Waals surface area contributed by atoms with Crippen LogP contribution in [0.3, 0.4) is 0 Å². The molecule has 1 aromatic carbocycles. The Kier molecular flexibility index (Phi) is 3.69. The van der Waals surface area contributed by atoms with Gasteiger partial charge in [-0.25, -0.2) is 0 Å². The number of nitrogens with one attached hydrogen (secondary N) is 1. The minimum Gasteiger partial charge on any atom is -0.399 e. The molecular formula is C12H9Cl2N3O. The molecule has 0 saturated carbocycles. The third kappa shape index (κ3) is 2.72. The smallest absolute Gasteiger partial charge is 0.257 e. The van der Waals surface area contributed by atoms with Gasteiger partial charge in [0.05, 0.1) is 21.3 Å². The molecule has 2 rings (SSSR count). The first kappa shape index (κ1) is 12.7. The Morgan fingerprint density at radius 2 is 2.00 bits per heavy atom. The number of benzene rings is 1. The SMILES string of the molecule is Nc1ccc(Cl)c(NC(=O)c2ccncc2Cl)c1. The number of nitrogen functional groups attached to an aromatic ring is 1. The standard InChI is InChI=1S/C12H9Cl2N3O/c13-9-2-1-7(15)5-11(9)17-12(18)8-3-4-16-6-10(8)14/h1-6H,15H2,(H,17,18).